The van der Waals surface area contributed by atoms with Gasteiger partial charge in [0, 0.05) is 31.5 Å². The second-order valence-corrected chi connectivity index (χ2v) is 10.1. The zero-order valence-corrected chi connectivity index (χ0v) is 23.0. The first-order valence-corrected chi connectivity index (χ1v) is 13.1. The van der Waals surface area contributed by atoms with Crippen LogP contribution in [0.4, 0.5) is 0 Å². The molecule has 0 aliphatic carbocycles. The van der Waals surface area contributed by atoms with Crippen LogP contribution in [0.5, 0.6) is 0 Å². The summed E-state index contributed by atoms with van der Waals surface area (Å²) < 4.78 is 9.53. The first-order chi connectivity index (χ1) is 17.2. The zero-order chi connectivity index (χ0) is 26.1. The van der Waals surface area contributed by atoms with Crippen molar-refractivity contribution >= 4 is 22.2 Å². The maximum Gasteiger partial charge on any atom is 0.274 e. The van der Waals surface area contributed by atoms with Crippen molar-refractivity contribution in [2.24, 2.45) is 5.92 Å². The number of aromatic nitrogens is 5. The lowest BCUT2D eigenvalue weighted by molar-refractivity contribution is 0.142. The van der Waals surface area contributed by atoms with Gasteiger partial charge in [0.05, 0.1) is 29.0 Å². The van der Waals surface area contributed by atoms with Gasteiger partial charge in [0.15, 0.2) is 5.65 Å². The number of methoxy groups -OCH3 is 1. The molecule has 0 saturated carbocycles. The van der Waals surface area contributed by atoms with Crippen LogP contribution in [-0.2, 0) is 24.1 Å². The predicted molar refractivity (Wildman–Crippen MR) is 147 cm³/mol. The lowest BCUT2D eigenvalue weighted by atomic mass is 10.0. The highest BCUT2D eigenvalue weighted by molar-refractivity contribution is 5.86. The van der Waals surface area contributed by atoms with E-state index in [1.165, 1.54) is 0 Å². The Bertz CT molecular complexity index is 1460. The van der Waals surface area contributed by atoms with E-state index in [0.29, 0.717) is 23.7 Å². The molecule has 0 spiro atoms. The summed E-state index contributed by atoms with van der Waals surface area (Å²) in [6.07, 6.45) is 4.59. The van der Waals surface area contributed by atoms with Crippen LogP contribution in [0.3, 0.4) is 0 Å². The molecule has 0 saturated heterocycles. The molecule has 7 heteroatoms. The zero-order valence-electron chi connectivity index (χ0n) is 23.0. The van der Waals surface area contributed by atoms with Crippen molar-refractivity contribution < 1.29 is 4.74 Å². The third-order valence-corrected chi connectivity index (χ3v) is 7.11. The molecular formula is C29H39N5O2. The van der Waals surface area contributed by atoms with E-state index >= 15 is 0 Å². The summed E-state index contributed by atoms with van der Waals surface area (Å²) in [4.78, 5) is 27.9. The summed E-state index contributed by atoms with van der Waals surface area (Å²) in [5.74, 6) is 0.457. The van der Waals surface area contributed by atoms with E-state index in [4.69, 9.17) is 19.7 Å². The number of pyridine rings is 2. The van der Waals surface area contributed by atoms with Gasteiger partial charge < -0.3 is 9.30 Å². The largest absolute Gasteiger partial charge is 0.384 e. The Labute approximate surface area is 213 Å². The lowest BCUT2D eigenvalue weighted by Crippen LogP contribution is -2.27. The van der Waals surface area contributed by atoms with Crippen LogP contribution in [0.1, 0.15) is 69.6 Å². The topological polar surface area (TPSA) is 74.8 Å². The third kappa shape index (κ3) is 4.57. The molecule has 1 unspecified atom stereocenters. The van der Waals surface area contributed by atoms with Crippen molar-refractivity contribution in [2.75, 3.05) is 13.7 Å². The molecule has 0 radical (unpaired) electrons. The molecule has 4 heterocycles. The first-order valence-electron chi connectivity index (χ1n) is 13.1. The summed E-state index contributed by atoms with van der Waals surface area (Å²) in [5.41, 5.74) is 9.19. The van der Waals surface area contributed by atoms with E-state index in [2.05, 4.69) is 50.6 Å². The Kier molecular flexibility index (Phi) is 7.59. The van der Waals surface area contributed by atoms with Crippen molar-refractivity contribution in [3.63, 3.8) is 0 Å². The number of rotatable bonds is 9. The van der Waals surface area contributed by atoms with Gasteiger partial charge >= 0.3 is 0 Å². The molecule has 4 rings (SSSR count). The molecule has 0 amide bonds. The van der Waals surface area contributed by atoms with Crippen molar-refractivity contribution in [3.8, 4) is 11.3 Å². The van der Waals surface area contributed by atoms with Crippen molar-refractivity contribution in [3.05, 3.63) is 51.2 Å². The fourth-order valence-corrected chi connectivity index (χ4v) is 5.11. The maximum absolute atomic E-state index is 13.0. The number of hydrogen-bond donors (Lipinski definition) is 0. The van der Waals surface area contributed by atoms with Gasteiger partial charge in [0.2, 0.25) is 0 Å². The highest BCUT2D eigenvalue weighted by atomic mass is 16.5. The Morgan fingerprint density at radius 1 is 0.972 bits per heavy atom. The Morgan fingerprint density at radius 3 is 2.31 bits per heavy atom. The smallest absolute Gasteiger partial charge is 0.274 e. The summed E-state index contributed by atoms with van der Waals surface area (Å²) in [6.45, 7) is 16.2. The van der Waals surface area contributed by atoms with Gasteiger partial charge in [-0.2, -0.15) is 0 Å². The number of aryl methyl sites for hydroxylation is 4. The van der Waals surface area contributed by atoms with E-state index in [1.54, 1.807) is 11.7 Å². The number of hydrogen-bond acceptors (Lipinski definition) is 5. The highest BCUT2D eigenvalue weighted by Gasteiger charge is 2.20. The monoisotopic (exact) mass is 489 g/mol. The van der Waals surface area contributed by atoms with E-state index < -0.39 is 0 Å². The minimum absolute atomic E-state index is 0.0000338. The second kappa shape index (κ2) is 10.5. The average molecular weight is 490 g/mol. The highest BCUT2D eigenvalue weighted by Crippen LogP contribution is 2.32. The van der Waals surface area contributed by atoms with Gasteiger partial charge in [-0.25, -0.2) is 15.0 Å². The molecule has 192 valence electrons. The van der Waals surface area contributed by atoms with Crippen LogP contribution in [0, 0.1) is 19.8 Å². The molecule has 4 aromatic heterocycles. The van der Waals surface area contributed by atoms with Crippen LogP contribution < -0.4 is 5.56 Å². The predicted octanol–water partition coefficient (Wildman–Crippen LogP) is 5.80. The van der Waals surface area contributed by atoms with Crippen LogP contribution in [-0.4, -0.2) is 37.8 Å². The van der Waals surface area contributed by atoms with Gasteiger partial charge in [-0.05, 0) is 76.1 Å². The van der Waals surface area contributed by atoms with Gasteiger partial charge in [0.25, 0.3) is 5.56 Å². The maximum atomic E-state index is 13.0. The molecule has 0 bridgehead atoms. The van der Waals surface area contributed by atoms with Gasteiger partial charge in [-0.15, -0.1) is 0 Å². The molecule has 7 nitrogen and oxygen atoms in total. The van der Waals surface area contributed by atoms with Crippen molar-refractivity contribution in [1.29, 1.82) is 0 Å². The molecule has 0 fully saturated rings. The fraction of sp³-hybridized carbons (Fsp3) is 0.517. The fourth-order valence-electron chi connectivity index (χ4n) is 5.11. The lowest BCUT2D eigenvalue weighted by Gasteiger charge is -2.18. The molecule has 0 aliphatic heterocycles. The second-order valence-electron chi connectivity index (χ2n) is 10.1. The van der Waals surface area contributed by atoms with Crippen molar-refractivity contribution in [1.82, 2.24) is 24.1 Å². The van der Waals surface area contributed by atoms with E-state index in [9.17, 15) is 4.79 Å². The molecule has 36 heavy (non-hydrogen) atoms. The van der Waals surface area contributed by atoms with E-state index in [1.807, 2.05) is 20.8 Å². The van der Waals surface area contributed by atoms with Crippen LogP contribution in [0.15, 0.2) is 23.1 Å². The molecule has 4 aromatic rings. The summed E-state index contributed by atoms with van der Waals surface area (Å²) in [5, 5.41) is 0. The molecule has 0 aromatic carbocycles. The Morgan fingerprint density at radius 2 is 1.69 bits per heavy atom. The Hall–Kier alpha value is -3.06. The first kappa shape index (κ1) is 26.0. The summed E-state index contributed by atoms with van der Waals surface area (Å²) in [6, 6.07) is 4.33. The SMILES string of the molecule is CCc1nc2c(cc1-c1nc3c(C)cn(CC(CC)COC)c3cc1C)nc(CC)c(=O)n2C(C)C. The molecule has 0 aliphatic rings. The Balaban J connectivity index is 1.93. The number of fused-ring (bicyclic) bond motifs is 2. The third-order valence-electron chi connectivity index (χ3n) is 7.11. The molecule has 1 atom stereocenters. The normalized spacial score (nSPS) is 12.8. The van der Waals surface area contributed by atoms with Gasteiger partial charge in [-0.3, -0.25) is 9.36 Å². The minimum atomic E-state index is -0.0474. The minimum Gasteiger partial charge on any atom is -0.384 e. The quantitative estimate of drug-likeness (QED) is 0.297. The van der Waals surface area contributed by atoms with E-state index in [0.717, 1.165) is 70.6 Å². The number of ether oxygens (including phenoxy) is 1. The summed E-state index contributed by atoms with van der Waals surface area (Å²) >= 11 is 0. The molecular weight excluding hydrogens is 450 g/mol. The number of nitrogens with zero attached hydrogens (tertiary/aromatic N) is 5. The summed E-state index contributed by atoms with van der Waals surface area (Å²) in [7, 11) is 1.77. The standard InChI is InChI=1S/C29H39N5O2/c1-9-20(16-36-8)15-33-14-19(7)27-25(33)12-18(6)26(32-27)21-13-24-28(31-22(21)10-2)34(17(4)5)29(35)23(11-3)30-24/h12-14,17,20H,9-11,15-16H2,1-8H3. The van der Waals surface area contributed by atoms with Gasteiger partial charge in [-0.1, -0.05) is 20.8 Å². The van der Waals surface area contributed by atoms with Crippen LogP contribution >= 0.6 is 0 Å². The molecule has 0 N–H and O–H groups in total. The van der Waals surface area contributed by atoms with Crippen LogP contribution in [0.25, 0.3) is 33.5 Å². The van der Waals surface area contributed by atoms with Crippen molar-refractivity contribution in [2.45, 2.75) is 80.3 Å². The van der Waals surface area contributed by atoms with Crippen LogP contribution in [0.2, 0.25) is 0 Å². The average Bonchev–Trinajstić information content (AvgIpc) is 3.15. The van der Waals surface area contributed by atoms with Gasteiger partial charge in [0.1, 0.15) is 11.2 Å². The van der Waals surface area contributed by atoms with E-state index in [-0.39, 0.29) is 11.6 Å².